The van der Waals surface area contributed by atoms with Crippen molar-refractivity contribution in [3.05, 3.63) is 33.1 Å². The normalized spacial score (nSPS) is 30.0. The van der Waals surface area contributed by atoms with E-state index in [1.165, 1.54) is 13.1 Å². The Kier molecular flexibility index (Phi) is 8.85. The molecule has 36 heavy (non-hydrogen) atoms. The highest BCUT2D eigenvalue weighted by Gasteiger charge is 2.60. The van der Waals surface area contributed by atoms with E-state index in [0.717, 1.165) is 10.6 Å². The van der Waals surface area contributed by atoms with Gasteiger partial charge in [0.15, 0.2) is 12.1 Å². The van der Waals surface area contributed by atoms with Crippen LogP contribution in [0.3, 0.4) is 0 Å². The van der Waals surface area contributed by atoms with Crippen LogP contribution in [0.5, 0.6) is 0 Å². The van der Waals surface area contributed by atoms with E-state index in [2.05, 4.69) is 4.98 Å². The molecule has 5 atom stereocenters. The molecule has 13 nitrogen and oxygen atoms in total. The molecule has 0 aliphatic carbocycles. The summed E-state index contributed by atoms with van der Waals surface area (Å²) in [6.45, 7) is 7.49. The van der Waals surface area contributed by atoms with Gasteiger partial charge in [-0.2, -0.15) is 0 Å². The van der Waals surface area contributed by atoms with Crippen LogP contribution in [0.2, 0.25) is 0 Å². The fraction of sp³-hybridized carbons (Fsp3) is 0.714. The van der Waals surface area contributed by atoms with Gasteiger partial charge in [0.1, 0.15) is 17.1 Å². The molecule has 0 amide bonds. The lowest BCUT2D eigenvalue weighted by Gasteiger charge is -2.34. The molecule has 202 valence electrons. The Morgan fingerprint density at radius 2 is 1.83 bits per heavy atom. The largest absolute Gasteiger partial charge is 0.475 e. The van der Waals surface area contributed by atoms with Gasteiger partial charge >= 0.3 is 25.5 Å². The summed E-state index contributed by atoms with van der Waals surface area (Å²) in [4.78, 5) is 49.1. The fourth-order valence-electron chi connectivity index (χ4n) is 3.77. The van der Waals surface area contributed by atoms with Gasteiger partial charge in [0.05, 0.1) is 25.4 Å². The van der Waals surface area contributed by atoms with Gasteiger partial charge in [-0.25, -0.2) is 9.36 Å². The molecule has 1 N–H and O–H groups in total. The third-order valence-corrected chi connectivity index (χ3v) is 7.20. The first-order valence-electron chi connectivity index (χ1n) is 11.4. The van der Waals surface area contributed by atoms with E-state index < -0.39 is 72.4 Å². The summed E-state index contributed by atoms with van der Waals surface area (Å²) in [6, 6.07) is 1.13. The van der Waals surface area contributed by atoms with Crippen LogP contribution < -0.4 is 11.2 Å². The zero-order valence-electron chi connectivity index (χ0n) is 20.5. The first kappa shape index (κ1) is 28.5. The number of hydrogen-bond donors (Lipinski definition) is 1. The number of carbonyl (C=O) groups is 2. The number of aromatic amines is 1. The van der Waals surface area contributed by atoms with Gasteiger partial charge in [-0.1, -0.05) is 0 Å². The maximum absolute atomic E-state index is 13.2. The average Bonchev–Trinajstić information content (AvgIpc) is 3.00. The van der Waals surface area contributed by atoms with Crippen LogP contribution in [0, 0.1) is 5.92 Å². The highest BCUT2D eigenvalue weighted by Crippen LogP contribution is 2.60. The Labute approximate surface area is 211 Å². The maximum atomic E-state index is 13.2. The summed E-state index contributed by atoms with van der Waals surface area (Å²) in [6.07, 6.45) is -2.78. The monoisotopic (exact) mass is 552 g/mol. The van der Waals surface area contributed by atoms with Crippen LogP contribution in [0.25, 0.3) is 0 Å². The first-order chi connectivity index (χ1) is 16.7. The number of carbonyl (C=O) groups excluding carboxylic acids is 2. The number of phosphoric ester groups is 1. The molecule has 0 saturated carbocycles. The molecule has 15 heteroatoms. The van der Waals surface area contributed by atoms with Crippen molar-refractivity contribution in [3.63, 3.8) is 0 Å². The van der Waals surface area contributed by atoms with Gasteiger partial charge in [0, 0.05) is 12.3 Å². The van der Waals surface area contributed by atoms with Gasteiger partial charge in [0.25, 0.3) is 5.56 Å². The predicted molar refractivity (Wildman–Crippen MR) is 124 cm³/mol. The van der Waals surface area contributed by atoms with Crippen molar-refractivity contribution in [1.82, 2.24) is 9.55 Å². The first-order valence-corrected chi connectivity index (χ1v) is 13.2. The zero-order valence-corrected chi connectivity index (χ0v) is 22.2. The summed E-state index contributed by atoms with van der Waals surface area (Å²) in [5.74, 6) is -2.90. The molecule has 2 fully saturated rings. The maximum Gasteiger partial charge on any atom is 0.475 e. The Morgan fingerprint density at radius 3 is 2.39 bits per heavy atom. The molecule has 2 saturated heterocycles. The van der Waals surface area contributed by atoms with Gasteiger partial charge in [-0.3, -0.25) is 37.5 Å². The minimum absolute atomic E-state index is 0.202. The van der Waals surface area contributed by atoms with Gasteiger partial charge in [-0.05, 0) is 41.0 Å². The van der Waals surface area contributed by atoms with E-state index in [1.807, 2.05) is 0 Å². The van der Waals surface area contributed by atoms with E-state index >= 15 is 0 Å². The average molecular weight is 553 g/mol. The molecule has 0 spiro atoms. The minimum Gasteiger partial charge on any atom is -0.462 e. The van der Waals surface area contributed by atoms with E-state index in [-0.39, 0.29) is 19.6 Å². The third kappa shape index (κ3) is 6.45. The number of aromatic nitrogens is 2. The van der Waals surface area contributed by atoms with E-state index in [9.17, 15) is 23.7 Å². The molecule has 1 unspecified atom stereocenters. The predicted octanol–water partition coefficient (Wildman–Crippen LogP) is 1.88. The summed E-state index contributed by atoms with van der Waals surface area (Å²) >= 11 is 6.69. The van der Waals surface area contributed by atoms with Gasteiger partial charge in [-0.15, -0.1) is 11.6 Å². The van der Waals surface area contributed by atoms with E-state index in [0.29, 0.717) is 0 Å². The van der Waals surface area contributed by atoms with Crippen molar-refractivity contribution in [1.29, 1.82) is 0 Å². The zero-order chi connectivity index (χ0) is 26.8. The SMILES string of the molecule is CC(C)OC(=O)C(CCOP1(=O)OC[C@H]2O[C@@H](n3ccc(=O)[nH]c3=O)[C@](C)(Cl)[C@@H]2O1)C(=O)OC(C)C. The molecule has 3 heterocycles. The number of phosphoric acid groups is 1. The highest BCUT2D eigenvalue weighted by atomic mass is 35.5. The number of esters is 2. The van der Waals surface area contributed by atoms with Crippen molar-refractivity contribution >= 4 is 31.4 Å². The van der Waals surface area contributed by atoms with Crippen molar-refractivity contribution in [2.45, 2.75) is 76.6 Å². The Hall–Kier alpha value is -2.02. The standard InChI is InChI=1S/C21H30ClN2O11P/c1-11(2)32-17(26)13(18(27)33-12(3)4)7-9-30-36(29)31-10-14-16(35-36)21(5,22)19(34-14)24-8-6-15(25)23-20(24)28/h6,8,11-14,16,19H,7,9-10H2,1-5H3,(H,23,25,28)/t14-,16-,19-,21-,36?/m1/s1. The number of halogens is 1. The summed E-state index contributed by atoms with van der Waals surface area (Å²) in [7, 11) is -4.19. The van der Waals surface area contributed by atoms with Crippen LogP contribution in [0.1, 0.15) is 47.3 Å². The number of H-pyrrole nitrogens is 1. The van der Waals surface area contributed by atoms with Crippen LogP contribution in [0.4, 0.5) is 0 Å². The van der Waals surface area contributed by atoms with Crippen molar-refractivity contribution in [3.8, 4) is 0 Å². The lowest BCUT2D eigenvalue weighted by molar-refractivity contribution is -0.167. The van der Waals surface area contributed by atoms with Crippen molar-refractivity contribution < 1.29 is 41.9 Å². The molecule has 2 aliphatic rings. The summed E-state index contributed by atoms with van der Waals surface area (Å²) in [5, 5.41) is 0. The van der Waals surface area contributed by atoms with Crippen LogP contribution >= 0.6 is 19.4 Å². The lowest BCUT2D eigenvalue weighted by atomic mass is 10.0. The second-order valence-corrected chi connectivity index (χ2v) is 11.5. The lowest BCUT2D eigenvalue weighted by Crippen LogP contribution is -2.45. The number of ether oxygens (including phenoxy) is 3. The Morgan fingerprint density at radius 1 is 1.22 bits per heavy atom. The second-order valence-electron chi connectivity index (χ2n) is 9.11. The molecule has 3 rings (SSSR count). The number of fused-ring (bicyclic) bond motifs is 1. The summed E-state index contributed by atoms with van der Waals surface area (Å²) in [5.41, 5.74) is -1.33. The molecule has 0 radical (unpaired) electrons. The minimum atomic E-state index is -4.19. The van der Waals surface area contributed by atoms with Crippen LogP contribution in [0.15, 0.2) is 21.9 Å². The molecule has 0 bridgehead atoms. The second kappa shape index (κ2) is 11.2. The Balaban J connectivity index is 1.68. The van der Waals surface area contributed by atoms with Gasteiger partial charge in [0.2, 0.25) is 0 Å². The molecule has 1 aromatic rings. The van der Waals surface area contributed by atoms with Crippen molar-refractivity contribution in [2.24, 2.45) is 5.92 Å². The number of rotatable bonds is 9. The molecular formula is C21H30ClN2O11P. The third-order valence-electron chi connectivity index (χ3n) is 5.35. The number of alkyl halides is 1. The molecular weight excluding hydrogens is 523 g/mol. The smallest absolute Gasteiger partial charge is 0.462 e. The molecule has 0 aromatic carbocycles. The number of nitrogens with zero attached hydrogens (tertiary/aromatic N) is 1. The van der Waals surface area contributed by atoms with E-state index in [4.69, 9.17) is 39.4 Å². The molecule has 1 aromatic heterocycles. The van der Waals surface area contributed by atoms with Crippen LogP contribution in [-0.4, -0.2) is 64.0 Å². The quantitative estimate of drug-likeness (QED) is 0.206. The summed E-state index contributed by atoms with van der Waals surface area (Å²) < 4.78 is 46.6. The highest BCUT2D eigenvalue weighted by molar-refractivity contribution is 7.48. The topological polar surface area (TPSA) is 161 Å². The van der Waals surface area contributed by atoms with Gasteiger partial charge < -0.3 is 14.2 Å². The Bertz CT molecular complexity index is 1110. The van der Waals surface area contributed by atoms with Crippen molar-refractivity contribution in [2.75, 3.05) is 13.2 Å². The van der Waals surface area contributed by atoms with E-state index in [1.54, 1.807) is 27.7 Å². The molecule has 2 aliphatic heterocycles. The fourth-order valence-corrected chi connectivity index (χ4v) is 5.66. The number of nitrogens with one attached hydrogen (secondary N) is 1. The van der Waals surface area contributed by atoms with Crippen LogP contribution in [-0.2, 0) is 41.9 Å². The number of hydrogen-bond acceptors (Lipinski definition) is 11.